The second-order valence-electron chi connectivity index (χ2n) is 11.3. The Labute approximate surface area is 216 Å². The van der Waals surface area contributed by atoms with Crippen molar-refractivity contribution in [1.82, 2.24) is 14.5 Å². The van der Waals surface area contributed by atoms with Gasteiger partial charge in [0.25, 0.3) is 5.91 Å². The Kier molecular flexibility index (Phi) is 7.04. The Morgan fingerprint density at radius 2 is 1.92 bits per heavy atom. The van der Waals surface area contributed by atoms with Gasteiger partial charge >= 0.3 is 0 Å². The first-order valence-corrected chi connectivity index (χ1v) is 15.1. The Morgan fingerprint density at radius 3 is 2.51 bits per heavy atom. The molecule has 1 fully saturated rings. The van der Waals surface area contributed by atoms with Crippen molar-refractivity contribution in [3.63, 3.8) is 0 Å². The minimum absolute atomic E-state index is 0.0436. The average Bonchev–Trinajstić information content (AvgIpc) is 3.27. The highest BCUT2D eigenvalue weighted by Crippen LogP contribution is 2.49. The van der Waals surface area contributed by atoms with Gasteiger partial charge in [0, 0.05) is 11.8 Å². The van der Waals surface area contributed by atoms with Gasteiger partial charge in [0.05, 0.1) is 11.5 Å². The van der Waals surface area contributed by atoms with Gasteiger partial charge in [-0.3, -0.25) is 9.36 Å². The summed E-state index contributed by atoms with van der Waals surface area (Å²) in [5.41, 5.74) is -1.73. The molecule has 1 aliphatic rings. The monoisotopic (exact) mass is 532 g/mol. The maximum absolute atomic E-state index is 16.6. The number of carbonyl (C=O) groups is 1. The van der Waals surface area contributed by atoms with E-state index >= 15 is 8.78 Å². The molecule has 0 aliphatic carbocycles. The summed E-state index contributed by atoms with van der Waals surface area (Å²) >= 11 is 0. The molecule has 0 radical (unpaired) electrons. The number of fused-ring (bicyclic) bond motifs is 1. The van der Waals surface area contributed by atoms with Gasteiger partial charge in [-0.15, -0.1) is 0 Å². The smallest absolute Gasteiger partial charge is 0.256 e. The molecule has 0 bridgehead atoms. The summed E-state index contributed by atoms with van der Waals surface area (Å²) in [6.45, 7) is 13.0. The first kappa shape index (κ1) is 27.3. The van der Waals surface area contributed by atoms with E-state index in [9.17, 15) is 9.90 Å². The first-order chi connectivity index (χ1) is 17.1. The van der Waals surface area contributed by atoms with Crippen LogP contribution in [0.25, 0.3) is 11.0 Å². The predicted octanol–water partition coefficient (Wildman–Crippen LogP) is 5.22. The average molecular weight is 533 g/mol. The molecule has 0 saturated carbocycles. The lowest BCUT2D eigenvalue weighted by Crippen LogP contribution is -2.53. The third-order valence-electron chi connectivity index (χ3n) is 7.41. The zero-order valence-corrected chi connectivity index (χ0v) is 23.1. The lowest BCUT2D eigenvalue weighted by atomic mass is 9.96. The van der Waals surface area contributed by atoms with Crippen molar-refractivity contribution in [1.29, 1.82) is 0 Å². The summed E-state index contributed by atoms with van der Waals surface area (Å²) in [5, 5.41) is 12.8. The van der Waals surface area contributed by atoms with Crippen molar-refractivity contribution < 1.29 is 27.8 Å². The number of aliphatic hydroxyl groups is 1. The van der Waals surface area contributed by atoms with Crippen LogP contribution in [-0.4, -0.2) is 57.8 Å². The van der Waals surface area contributed by atoms with E-state index in [0.717, 1.165) is 6.20 Å². The number of ether oxygens (including phenoxy) is 1. The number of carbonyl (C=O) groups excluding carboxylic acids is 1. The third kappa shape index (κ3) is 4.92. The number of aliphatic hydroxyl groups excluding tert-OH is 1. The van der Waals surface area contributed by atoms with Crippen molar-refractivity contribution in [2.24, 2.45) is 0 Å². The number of nitrogens with zero attached hydrogens (tertiary/aromatic N) is 3. The molecular weight excluding hydrogens is 498 g/mol. The maximum atomic E-state index is 16.6. The number of halogens is 2. The van der Waals surface area contributed by atoms with Crippen LogP contribution in [0, 0.1) is 5.82 Å². The van der Waals surface area contributed by atoms with E-state index in [2.05, 4.69) is 15.3 Å². The Balaban J connectivity index is 1.74. The molecule has 1 aromatic carbocycles. The van der Waals surface area contributed by atoms with E-state index in [4.69, 9.17) is 9.16 Å². The third-order valence-corrected chi connectivity index (χ3v) is 11.9. The molecule has 3 heterocycles. The second-order valence-corrected chi connectivity index (χ2v) is 16.0. The van der Waals surface area contributed by atoms with Crippen molar-refractivity contribution in [3.05, 3.63) is 54.2 Å². The lowest BCUT2D eigenvalue weighted by molar-refractivity contribution is -0.0787. The molecule has 2 aromatic heterocycles. The Bertz CT molecular complexity index is 1290. The van der Waals surface area contributed by atoms with Crippen LogP contribution in [0.2, 0.25) is 18.1 Å². The van der Waals surface area contributed by atoms with Gasteiger partial charge in [0.2, 0.25) is 0 Å². The van der Waals surface area contributed by atoms with Crippen LogP contribution in [0.1, 0.15) is 51.2 Å². The van der Waals surface area contributed by atoms with E-state index in [1.807, 2.05) is 33.9 Å². The second kappa shape index (κ2) is 9.54. The number of hydrogen-bond acceptors (Lipinski definition) is 6. The molecule has 37 heavy (non-hydrogen) atoms. The number of rotatable bonds is 6. The molecule has 11 heteroatoms. The molecule has 8 nitrogen and oxygen atoms in total. The van der Waals surface area contributed by atoms with Crippen LogP contribution in [0.4, 0.5) is 14.6 Å². The van der Waals surface area contributed by atoms with Gasteiger partial charge in [-0.2, -0.15) is 0 Å². The minimum Gasteiger partial charge on any atom is -0.408 e. The van der Waals surface area contributed by atoms with E-state index in [0.29, 0.717) is 5.56 Å². The van der Waals surface area contributed by atoms with E-state index in [-0.39, 0.29) is 21.9 Å². The van der Waals surface area contributed by atoms with Crippen molar-refractivity contribution in [3.8, 4) is 0 Å². The SMILES string of the molecule is CC(O)[C@H]1O[C@@H](n2cc(F)c3c(NC(=O)c4ccccc4)ncnc32)[C@](C)(F)[C@@H]1O[Si](C)(C)C(C)(C)C. The molecular formula is C26H34F2N4O4Si. The first-order valence-electron chi connectivity index (χ1n) is 12.2. The van der Waals surface area contributed by atoms with Crippen molar-refractivity contribution >= 4 is 31.1 Å². The van der Waals surface area contributed by atoms with Crippen LogP contribution >= 0.6 is 0 Å². The van der Waals surface area contributed by atoms with Gasteiger partial charge in [-0.05, 0) is 44.1 Å². The quantitative estimate of drug-likeness (QED) is 0.423. The summed E-state index contributed by atoms with van der Waals surface area (Å²) in [5.74, 6) is -1.27. The van der Waals surface area contributed by atoms with Gasteiger partial charge < -0.3 is 19.6 Å². The van der Waals surface area contributed by atoms with Crippen LogP contribution < -0.4 is 5.32 Å². The number of aromatic nitrogens is 3. The van der Waals surface area contributed by atoms with Gasteiger partial charge in [-0.25, -0.2) is 18.7 Å². The zero-order chi connectivity index (χ0) is 27.3. The number of nitrogens with one attached hydrogen (secondary N) is 1. The zero-order valence-electron chi connectivity index (χ0n) is 22.1. The summed E-state index contributed by atoms with van der Waals surface area (Å²) in [4.78, 5) is 20.9. The Hall–Kier alpha value is -2.73. The number of benzene rings is 1. The molecule has 1 amide bonds. The molecule has 2 N–H and O–H groups in total. The van der Waals surface area contributed by atoms with Crippen molar-refractivity contribution in [2.45, 2.75) is 83.0 Å². The summed E-state index contributed by atoms with van der Waals surface area (Å²) in [6.07, 6.45) is -2.24. The molecule has 1 aliphatic heterocycles. The molecule has 200 valence electrons. The highest BCUT2D eigenvalue weighted by molar-refractivity contribution is 6.74. The van der Waals surface area contributed by atoms with E-state index in [1.54, 1.807) is 30.3 Å². The molecule has 3 aromatic rings. The summed E-state index contributed by atoms with van der Waals surface area (Å²) in [6, 6.07) is 8.44. The molecule has 4 rings (SSSR count). The number of hydrogen-bond donors (Lipinski definition) is 2. The highest BCUT2D eigenvalue weighted by atomic mass is 28.4. The van der Waals surface area contributed by atoms with E-state index in [1.165, 1.54) is 24.7 Å². The van der Waals surface area contributed by atoms with Crippen molar-refractivity contribution in [2.75, 3.05) is 5.32 Å². The van der Waals surface area contributed by atoms with Crippen LogP contribution in [0.5, 0.6) is 0 Å². The summed E-state index contributed by atoms with van der Waals surface area (Å²) in [7, 11) is -2.47. The lowest BCUT2D eigenvalue weighted by Gasteiger charge is -2.41. The molecule has 1 unspecified atom stereocenters. The highest BCUT2D eigenvalue weighted by Gasteiger charge is 2.60. The normalized spacial score (nSPS) is 25.4. The summed E-state index contributed by atoms with van der Waals surface area (Å²) < 4.78 is 45.6. The fourth-order valence-corrected chi connectivity index (χ4v) is 5.63. The molecule has 5 atom stereocenters. The van der Waals surface area contributed by atoms with Crippen LogP contribution in [0.15, 0.2) is 42.9 Å². The van der Waals surface area contributed by atoms with Gasteiger partial charge in [0.1, 0.15) is 24.4 Å². The number of amides is 1. The number of alkyl halides is 1. The standard InChI is InChI=1S/C26H34F2N4O4Si/c1-15(33)19-20(36-37(6,7)25(2,3)4)26(5,28)24(35-19)32-13-17(27)18-21(29-14-30-22(18)32)31-23(34)16-11-9-8-10-12-16/h8-15,19-20,24,33H,1-7H3,(H,29,30,31,34)/t15?,19-,20-,24-,26-/m1/s1. The minimum atomic E-state index is -2.47. The Morgan fingerprint density at radius 1 is 1.27 bits per heavy atom. The van der Waals surface area contributed by atoms with E-state index < -0.39 is 50.3 Å². The maximum Gasteiger partial charge on any atom is 0.256 e. The predicted molar refractivity (Wildman–Crippen MR) is 139 cm³/mol. The van der Waals surface area contributed by atoms with Crippen LogP contribution in [0.3, 0.4) is 0 Å². The topological polar surface area (TPSA) is 98.5 Å². The van der Waals surface area contributed by atoms with Gasteiger partial charge in [0.15, 0.2) is 31.7 Å². The largest absolute Gasteiger partial charge is 0.408 e. The van der Waals surface area contributed by atoms with Crippen LogP contribution in [-0.2, 0) is 9.16 Å². The fraction of sp³-hybridized carbons (Fsp3) is 0.500. The molecule has 1 saturated heterocycles. The fourth-order valence-electron chi connectivity index (χ4n) is 4.28. The van der Waals surface area contributed by atoms with Gasteiger partial charge in [-0.1, -0.05) is 39.0 Å². The molecule has 0 spiro atoms. The number of anilines is 1.